The molecule has 0 bridgehead atoms. The summed E-state index contributed by atoms with van der Waals surface area (Å²) in [5.74, 6) is -0.592. The van der Waals surface area contributed by atoms with Crippen LogP contribution in [0, 0.1) is 5.95 Å². The highest BCUT2D eigenvalue weighted by atomic mass is 79.9. The summed E-state index contributed by atoms with van der Waals surface area (Å²) in [5, 5.41) is 9.69. The minimum Gasteiger partial charge on any atom is -0.452 e. The predicted octanol–water partition coefficient (Wildman–Crippen LogP) is 2.94. The van der Waals surface area contributed by atoms with Crippen LogP contribution in [0.5, 0.6) is 11.5 Å². The van der Waals surface area contributed by atoms with Gasteiger partial charge in [0.15, 0.2) is 5.75 Å². The summed E-state index contributed by atoms with van der Waals surface area (Å²) in [4.78, 5) is 3.50. The van der Waals surface area contributed by atoms with E-state index in [1.54, 1.807) is 18.2 Å². The molecule has 0 amide bonds. The smallest absolute Gasteiger partial charge is 0.257 e. The quantitative estimate of drug-likeness (QED) is 0.768. The van der Waals surface area contributed by atoms with Gasteiger partial charge in [0.05, 0.1) is 12.1 Å². The normalized spacial score (nSPS) is 20.1. The third-order valence-electron chi connectivity index (χ3n) is 3.26. The zero-order valence-electron chi connectivity index (χ0n) is 10.0. The number of rotatable bonds is 1. The number of halogens is 3. The van der Waals surface area contributed by atoms with E-state index in [2.05, 4.69) is 20.9 Å². The van der Waals surface area contributed by atoms with Crippen molar-refractivity contribution in [1.29, 1.82) is 0 Å². The van der Waals surface area contributed by atoms with Gasteiger partial charge in [-0.3, -0.25) is 0 Å². The van der Waals surface area contributed by atoms with Gasteiger partial charge in [0.2, 0.25) is 0 Å². The van der Waals surface area contributed by atoms with Gasteiger partial charge >= 0.3 is 0 Å². The number of pyridine rings is 1. The minimum absolute atomic E-state index is 0.0495. The number of aliphatic hydroxyl groups is 1. The Morgan fingerprint density at radius 1 is 1.40 bits per heavy atom. The van der Waals surface area contributed by atoms with Crippen LogP contribution in [0.3, 0.4) is 0 Å². The second-order valence-electron chi connectivity index (χ2n) is 4.48. The van der Waals surface area contributed by atoms with E-state index in [1.165, 1.54) is 6.07 Å². The summed E-state index contributed by atoms with van der Waals surface area (Å²) in [6.07, 6.45) is 0. The molecule has 0 saturated carbocycles. The number of aromatic nitrogens is 1. The van der Waals surface area contributed by atoms with E-state index < -0.39 is 18.1 Å². The number of fused-ring (bicyclic) bond motifs is 2. The van der Waals surface area contributed by atoms with Gasteiger partial charge in [0.25, 0.3) is 5.95 Å². The minimum atomic E-state index is -1.31. The highest BCUT2D eigenvalue weighted by molar-refractivity contribution is 9.10. The van der Waals surface area contributed by atoms with E-state index in [0.29, 0.717) is 11.3 Å². The first-order valence-corrected chi connectivity index (χ1v) is 6.87. The van der Waals surface area contributed by atoms with E-state index in [1.807, 2.05) is 0 Å². The number of nitrogens with zero attached hydrogens (tertiary/aromatic N) is 1. The molecule has 0 radical (unpaired) electrons. The lowest BCUT2D eigenvalue weighted by atomic mass is 9.82. The van der Waals surface area contributed by atoms with Crippen molar-refractivity contribution >= 4 is 27.5 Å². The van der Waals surface area contributed by atoms with Crippen molar-refractivity contribution in [1.82, 2.24) is 4.98 Å². The monoisotopic (exact) mass is 358 g/mol. The number of hydrogen-bond acceptors (Lipinski definition) is 4. The van der Waals surface area contributed by atoms with Crippen molar-refractivity contribution < 1.29 is 14.2 Å². The van der Waals surface area contributed by atoms with E-state index in [0.717, 1.165) is 4.47 Å². The molecule has 1 aliphatic heterocycles. The second-order valence-corrected chi connectivity index (χ2v) is 5.79. The fourth-order valence-corrected chi connectivity index (χ4v) is 2.81. The zero-order valence-corrected chi connectivity index (χ0v) is 12.4. The molecule has 0 saturated heterocycles. The first kappa shape index (κ1) is 13.8. The highest BCUT2D eigenvalue weighted by Gasteiger charge is 2.40. The van der Waals surface area contributed by atoms with Gasteiger partial charge in [0, 0.05) is 15.6 Å². The van der Waals surface area contributed by atoms with Crippen LogP contribution in [0.1, 0.15) is 11.1 Å². The molecule has 3 N–H and O–H groups in total. The van der Waals surface area contributed by atoms with Crippen LogP contribution in [0.25, 0.3) is 0 Å². The average Bonchev–Trinajstić information content (AvgIpc) is 2.41. The topological polar surface area (TPSA) is 68.4 Å². The van der Waals surface area contributed by atoms with Crippen LogP contribution in [0.2, 0.25) is 5.15 Å². The number of benzene rings is 1. The van der Waals surface area contributed by atoms with E-state index in [4.69, 9.17) is 22.1 Å². The Morgan fingerprint density at radius 3 is 2.85 bits per heavy atom. The van der Waals surface area contributed by atoms with Gasteiger partial charge < -0.3 is 15.6 Å². The summed E-state index contributed by atoms with van der Waals surface area (Å²) < 4.78 is 20.2. The molecule has 1 aromatic heterocycles. The first-order valence-electron chi connectivity index (χ1n) is 5.70. The van der Waals surface area contributed by atoms with Crippen LogP contribution in [-0.4, -0.2) is 16.7 Å². The molecular weight excluding hydrogens is 351 g/mol. The van der Waals surface area contributed by atoms with Gasteiger partial charge in [-0.05, 0) is 24.3 Å². The van der Waals surface area contributed by atoms with Crippen molar-refractivity contribution in [3.63, 3.8) is 0 Å². The van der Waals surface area contributed by atoms with Crippen molar-refractivity contribution in [2.75, 3.05) is 6.61 Å². The summed E-state index contributed by atoms with van der Waals surface area (Å²) in [6, 6.07) is 6.51. The molecule has 7 heteroatoms. The first-order chi connectivity index (χ1) is 9.45. The second kappa shape index (κ2) is 4.66. The fraction of sp³-hybridized carbons (Fsp3) is 0.154. The van der Waals surface area contributed by atoms with Crippen molar-refractivity contribution in [2.24, 2.45) is 5.73 Å². The molecule has 0 aliphatic carbocycles. The lowest BCUT2D eigenvalue weighted by molar-refractivity contribution is 0.209. The van der Waals surface area contributed by atoms with Gasteiger partial charge in [-0.25, -0.2) is 4.98 Å². The van der Waals surface area contributed by atoms with Crippen molar-refractivity contribution in [2.45, 2.75) is 5.54 Å². The molecule has 0 spiro atoms. The molecule has 0 fully saturated rings. The summed E-state index contributed by atoms with van der Waals surface area (Å²) in [6.45, 7) is -0.424. The molecular formula is C13H9BrClFN2O2. The van der Waals surface area contributed by atoms with Crippen LogP contribution in [0.4, 0.5) is 4.39 Å². The molecule has 2 heterocycles. The van der Waals surface area contributed by atoms with E-state index in [-0.39, 0.29) is 16.5 Å². The van der Waals surface area contributed by atoms with Gasteiger partial charge in [0.1, 0.15) is 10.9 Å². The molecule has 20 heavy (non-hydrogen) atoms. The number of hydrogen-bond donors (Lipinski definition) is 2. The van der Waals surface area contributed by atoms with E-state index in [9.17, 15) is 9.50 Å². The van der Waals surface area contributed by atoms with Gasteiger partial charge in [-0.2, -0.15) is 4.39 Å². The average molecular weight is 360 g/mol. The molecule has 1 aromatic carbocycles. The Bertz CT molecular complexity index is 713. The Hall–Kier alpha value is -1.21. The largest absolute Gasteiger partial charge is 0.452 e. The van der Waals surface area contributed by atoms with Crippen LogP contribution < -0.4 is 10.5 Å². The third kappa shape index (κ3) is 1.91. The lowest BCUT2D eigenvalue weighted by Gasteiger charge is -2.35. The Kier molecular flexibility index (Phi) is 3.21. The maximum Gasteiger partial charge on any atom is 0.257 e. The Labute approximate surface area is 127 Å². The lowest BCUT2D eigenvalue weighted by Crippen LogP contribution is -2.44. The van der Waals surface area contributed by atoms with Crippen LogP contribution >= 0.6 is 27.5 Å². The van der Waals surface area contributed by atoms with Crippen molar-refractivity contribution in [3.05, 3.63) is 51.0 Å². The number of aliphatic hydroxyl groups excluding tert-OH is 1. The molecule has 1 unspecified atom stereocenters. The molecule has 3 rings (SSSR count). The third-order valence-corrected chi connectivity index (χ3v) is 3.95. The molecule has 1 aliphatic rings. The number of ether oxygens (including phenoxy) is 1. The zero-order chi connectivity index (χ0) is 14.5. The molecule has 4 nitrogen and oxygen atoms in total. The summed E-state index contributed by atoms with van der Waals surface area (Å²) in [7, 11) is 0. The van der Waals surface area contributed by atoms with Crippen LogP contribution in [0.15, 0.2) is 28.7 Å². The van der Waals surface area contributed by atoms with Crippen molar-refractivity contribution in [3.8, 4) is 11.5 Å². The summed E-state index contributed by atoms with van der Waals surface area (Å²) in [5.41, 5.74) is 5.79. The summed E-state index contributed by atoms with van der Waals surface area (Å²) >= 11 is 9.11. The van der Waals surface area contributed by atoms with Gasteiger partial charge in [-0.1, -0.05) is 27.5 Å². The SMILES string of the molecule is NC1(CO)c2cc(Br)ccc2Oc2c1cc(Cl)nc2F. The standard InChI is InChI=1S/C13H9BrClFN2O2/c14-6-1-2-9-7(3-6)13(17,5-19)8-4-10(15)18-12(16)11(8)20-9/h1-4,19H,5,17H2. The maximum atomic E-state index is 13.9. The molecule has 104 valence electrons. The fourth-order valence-electron chi connectivity index (χ4n) is 2.27. The predicted molar refractivity (Wildman–Crippen MR) is 75.5 cm³/mol. The Balaban J connectivity index is 2.33. The maximum absolute atomic E-state index is 13.9. The molecule has 1 atom stereocenters. The van der Waals surface area contributed by atoms with Crippen LogP contribution in [-0.2, 0) is 5.54 Å². The van der Waals surface area contributed by atoms with E-state index >= 15 is 0 Å². The highest BCUT2D eigenvalue weighted by Crippen LogP contribution is 2.47. The van der Waals surface area contributed by atoms with Gasteiger partial charge in [-0.15, -0.1) is 0 Å². The Morgan fingerprint density at radius 2 is 2.15 bits per heavy atom. The number of nitrogens with two attached hydrogens (primary N) is 1. The molecule has 2 aromatic rings.